The predicted octanol–water partition coefficient (Wildman–Crippen LogP) is 5.07. The Morgan fingerprint density at radius 2 is 1.94 bits per heavy atom. The van der Waals surface area contributed by atoms with Crippen LogP contribution >= 0.6 is 0 Å². The van der Waals surface area contributed by atoms with Gasteiger partial charge in [0.25, 0.3) is 12.3 Å². The maximum Gasteiger partial charge on any atom is 0.292 e. The fourth-order valence-electron chi connectivity index (χ4n) is 4.33. The maximum absolute atomic E-state index is 15.5. The monoisotopic (exact) mass is 479 g/mol. The summed E-state index contributed by atoms with van der Waals surface area (Å²) in [5.41, 5.74) is 0.736. The molecule has 4 aromatic heterocycles. The quantitative estimate of drug-likeness (QED) is 0.386. The van der Waals surface area contributed by atoms with Crippen LogP contribution in [0.2, 0.25) is 0 Å². The molecule has 0 spiro atoms. The number of amides is 1. The van der Waals surface area contributed by atoms with Crippen LogP contribution in [0.25, 0.3) is 22.6 Å². The Morgan fingerprint density at radius 3 is 2.71 bits per heavy atom. The SMILES string of the molecule is O=C(c1oc(-c2ccccn2)nc1C(F)F)N1CCc2[nH]cnc2[C@@H]1c1oc2ccccc2c1F. The summed E-state index contributed by atoms with van der Waals surface area (Å²) in [6.45, 7) is 0.0808. The molecule has 5 heterocycles. The van der Waals surface area contributed by atoms with Crippen molar-refractivity contribution in [3.63, 3.8) is 0 Å². The second-order valence-electron chi connectivity index (χ2n) is 7.94. The van der Waals surface area contributed by atoms with E-state index in [1.54, 1.807) is 36.4 Å². The van der Waals surface area contributed by atoms with Crippen molar-refractivity contribution in [3.05, 3.63) is 89.4 Å². The van der Waals surface area contributed by atoms with Crippen LogP contribution in [0.1, 0.15) is 45.9 Å². The van der Waals surface area contributed by atoms with E-state index in [0.29, 0.717) is 23.4 Å². The van der Waals surface area contributed by atoms with E-state index >= 15 is 4.39 Å². The van der Waals surface area contributed by atoms with Crippen molar-refractivity contribution >= 4 is 16.9 Å². The van der Waals surface area contributed by atoms with Crippen LogP contribution in [0.4, 0.5) is 13.2 Å². The lowest BCUT2D eigenvalue weighted by molar-refractivity contribution is 0.0622. The van der Waals surface area contributed by atoms with Gasteiger partial charge in [0.1, 0.15) is 17.3 Å². The number of carbonyl (C=O) groups excluding carboxylic acids is 1. The molecule has 1 aliphatic rings. The molecule has 0 radical (unpaired) electrons. The van der Waals surface area contributed by atoms with Gasteiger partial charge in [0, 0.05) is 24.9 Å². The number of aromatic nitrogens is 4. The average molecular weight is 479 g/mol. The Kier molecular flexibility index (Phi) is 4.90. The number of furan rings is 1. The number of hydrogen-bond donors (Lipinski definition) is 1. The number of halogens is 3. The number of rotatable bonds is 4. The second-order valence-corrected chi connectivity index (χ2v) is 7.94. The lowest BCUT2D eigenvalue weighted by Gasteiger charge is -2.33. The Balaban J connectivity index is 1.48. The Labute approximate surface area is 195 Å². The number of benzene rings is 1. The zero-order valence-corrected chi connectivity index (χ0v) is 17.9. The zero-order chi connectivity index (χ0) is 24.1. The highest BCUT2D eigenvalue weighted by Crippen LogP contribution is 2.40. The van der Waals surface area contributed by atoms with Crippen LogP contribution in [0.3, 0.4) is 0 Å². The van der Waals surface area contributed by atoms with Crippen LogP contribution in [0.15, 0.2) is 63.8 Å². The van der Waals surface area contributed by atoms with Gasteiger partial charge in [-0.15, -0.1) is 0 Å². The number of pyridine rings is 1. The highest BCUT2D eigenvalue weighted by Gasteiger charge is 2.41. The van der Waals surface area contributed by atoms with E-state index in [9.17, 15) is 13.6 Å². The summed E-state index contributed by atoms with van der Waals surface area (Å²) in [6, 6.07) is 10.2. The van der Waals surface area contributed by atoms with Gasteiger partial charge in [-0.25, -0.2) is 23.1 Å². The van der Waals surface area contributed by atoms with Gasteiger partial charge in [-0.1, -0.05) is 18.2 Å². The van der Waals surface area contributed by atoms with Crippen LogP contribution in [-0.2, 0) is 6.42 Å². The largest absolute Gasteiger partial charge is 0.455 e. The molecule has 0 saturated carbocycles. The van der Waals surface area contributed by atoms with Gasteiger partial charge in [-0.3, -0.25) is 9.78 Å². The molecule has 5 aromatic rings. The van der Waals surface area contributed by atoms with Gasteiger partial charge >= 0.3 is 0 Å². The molecule has 6 rings (SSSR count). The first-order valence-corrected chi connectivity index (χ1v) is 10.7. The van der Waals surface area contributed by atoms with Crippen LogP contribution in [0, 0.1) is 5.82 Å². The average Bonchev–Trinajstić information content (AvgIpc) is 3.61. The minimum Gasteiger partial charge on any atom is -0.455 e. The summed E-state index contributed by atoms with van der Waals surface area (Å²) in [5, 5.41) is 0.239. The Morgan fingerprint density at radius 1 is 1.11 bits per heavy atom. The van der Waals surface area contributed by atoms with Crippen molar-refractivity contribution in [3.8, 4) is 11.6 Å². The van der Waals surface area contributed by atoms with E-state index in [1.165, 1.54) is 23.5 Å². The molecular formula is C24H16F3N5O3. The number of oxazole rings is 1. The smallest absolute Gasteiger partial charge is 0.292 e. The van der Waals surface area contributed by atoms with E-state index in [4.69, 9.17) is 8.83 Å². The van der Waals surface area contributed by atoms with Gasteiger partial charge in [0.2, 0.25) is 11.7 Å². The molecule has 0 aliphatic carbocycles. The molecule has 1 N–H and O–H groups in total. The molecule has 35 heavy (non-hydrogen) atoms. The summed E-state index contributed by atoms with van der Waals surface area (Å²) in [5.74, 6) is -2.53. The van der Waals surface area contributed by atoms with Gasteiger partial charge in [-0.05, 0) is 24.3 Å². The van der Waals surface area contributed by atoms with E-state index in [-0.39, 0.29) is 29.3 Å². The molecule has 1 atom stereocenters. The summed E-state index contributed by atoms with van der Waals surface area (Å²) < 4.78 is 54.6. The number of imidazole rings is 1. The van der Waals surface area contributed by atoms with Gasteiger partial charge in [0.05, 0.1) is 17.4 Å². The van der Waals surface area contributed by atoms with E-state index < -0.39 is 35.6 Å². The number of para-hydroxylation sites is 1. The van der Waals surface area contributed by atoms with Crippen molar-refractivity contribution in [2.24, 2.45) is 0 Å². The minimum absolute atomic E-state index is 0.0808. The van der Waals surface area contributed by atoms with E-state index in [2.05, 4.69) is 19.9 Å². The lowest BCUT2D eigenvalue weighted by Crippen LogP contribution is -2.41. The molecule has 1 aliphatic heterocycles. The number of alkyl halides is 2. The normalized spacial score (nSPS) is 15.7. The molecule has 0 saturated heterocycles. The number of aromatic amines is 1. The molecule has 0 fully saturated rings. The predicted molar refractivity (Wildman–Crippen MR) is 116 cm³/mol. The number of fused-ring (bicyclic) bond motifs is 2. The Bertz CT molecular complexity index is 1540. The molecule has 0 bridgehead atoms. The highest BCUT2D eigenvalue weighted by molar-refractivity contribution is 5.94. The molecule has 1 amide bonds. The first-order valence-electron chi connectivity index (χ1n) is 10.7. The number of nitrogens with one attached hydrogen (secondary N) is 1. The first-order chi connectivity index (χ1) is 17.0. The highest BCUT2D eigenvalue weighted by atomic mass is 19.3. The zero-order valence-electron chi connectivity index (χ0n) is 17.9. The third-order valence-corrected chi connectivity index (χ3v) is 5.93. The molecule has 11 heteroatoms. The summed E-state index contributed by atoms with van der Waals surface area (Å²) in [7, 11) is 0. The number of hydrogen-bond acceptors (Lipinski definition) is 6. The van der Waals surface area contributed by atoms with Crippen LogP contribution in [-0.4, -0.2) is 37.3 Å². The topological polar surface area (TPSA) is 101 Å². The lowest BCUT2D eigenvalue weighted by atomic mass is 9.99. The molecular weight excluding hydrogens is 463 g/mol. The van der Waals surface area contributed by atoms with Gasteiger partial charge < -0.3 is 18.7 Å². The fourth-order valence-corrected chi connectivity index (χ4v) is 4.33. The van der Waals surface area contributed by atoms with Crippen molar-refractivity contribution in [1.29, 1.82) is 0 Å². The Hall–Kier alpha value is -4.41. The van der Waals surface area contributed by atoms with Crippen molar-refractivity contribution in [2.45, 2.75) is 18.9 Å². The molecule has 8 nitrogen and oxygen atoms in total. The van der Waals surface area contributed by atoms with Crippen molar-refractivity contribution in [1.82, 2.24) is 24.8 Å². The van der Waals surface area contributed by atoms with E-state index in [1.807, 2.05) is 0 Å². The summed E-state index contributed by atoms with van der Waals surface area (Å²) in [6.07, 6.45) is 0.157. The van der Waals surface area contributed by atoms with Gasteiger partial charge in [0.15, 0.2) is 17.3 Å². The van der Waals surface area contributed by atoms with E-state index in [0.717, 1.165) is 0 Å². The van der Waals surface area contributed by atoms with Crippen LogP contribution in [0.5, 0.6) is 0 Å². The third kappa shape index (κ3) is 3.38. The molecule has 1 aromatic carbocycles. The van der Waals surface area contributed by atoms with Crippen molar-refractivity contribution in [2.75, 3.05) is 6.54 Å². The van der Waals surface area contributed by atoms with Gasteiger partial charge in [-0.2, -0.15) is 0 Å². The third-order valence-electron chi connectivity index (χ3n) is 5.93. The number of H-pyrrole nitrogens is 1. The molecule has 176 valence electrons. The summed E-state index contributed by atoms with van der Waals surface area (Å²) >= 11 is 0. The molecule has 0 unspecified atom stereocenters. The minimum atomic E-state index is -3.08. The second kappa shape index (κ2) is 8.12. The van der Waals surface area contributed by atoms with Crippen LogP contribution < -0.4 is 0 Å². The standard InChI is InChI=1S/C24H16F3N5O3/c25-16-12-5-1-2-7-15(12)34-20(16)19-17-13(29-11-30-17)8-10-32(19)24(33)21-18(22(26)27)31-23(35-21)14-6-3-4-9-28-14/h1-7,9,11,19,22H,8,10H2,(H,29,30)/t19-/m1/s1. The number of nitrogens with zero attached hydrogens (tertiary/aromatic N) is 4. The van der Waals surface area contributed by atoms with Crippen molar-refractivity contribution < 1.29 is 26.8 Å². The fraction of sp³-hybridized carbons (Fsp3) is 0.167. The number of carbonyl (C=O) groups is 1. The first kappa shape index (κ1) is 21.1. The summed E-state index contributed by atoms with van der Waals surface area (Å²) in [4.78, 5) is 30.0. The maximum atomic E-state index is 15.5.